The summed E-state index contributed by atoms with van der Waals surface area (Å²) in [6.07, 6.45) is 0.577. The molecule has 0 spiro atoms. The maximum absolute atomic E-state index is 11.4. The van der Waals surface area contributed by atoms with Crippen molar-refractivity contribution in [3.8, 4) is 11.5 Å². The minimum absolute atomic E-state index is 0.0343. The minimum Gasteiger partial charge on any atom is -0.504 e. The van der Waals surface area contributed by atoms with Crippen molar-refractivity contribution < 1.29 is 19.7 Å². The van der Waals surface area contributed by atoms with Gasteiger partial charge in [0.25, 0.3) is 0 Å². The van der Waals surface area contributed by atoms with Crippen LogP contribution in [0.25, 0.3) is 0 Å². The van der Waals surface area contributed by atoms with E-state index in [-0.39, 0.29) is 18.0 Å². The number of Topliss-reactive ketones (excluding diaryl/α,β-unsaturated/α-hetero) is 1. The first-order chi connectivity index (χ1) is 8.02. The summed E-state index contributed by atoms with van der Waals surface area (Å²) in [5.41, 5.74) is 0.929. The van der Waals surface area contributed by atoms with Gasteiger partial charge in [-0.2, -0.15) is 0 Å². The van der Waals surface area contributed by atoms with Crippen molar-refractivity contribution in [2.45, 2.75) is 32.3 Å². The van der Waals surface area contributed by atoms with E-state index in [1.807, 2.05) is 0 Å². The molecule has 4 heteroatoms. The highest BCUT2D eigenvalue weighted by Crippen LogP contribution is 2.26. The van der Waals surface area contributed by atoms with Gasteiger partial charge in [0.1, 0.15) is 5.78 Å². The van der Waals surface area contributed by atoms with Gasteiger partial charge in [0.2, 0.25) is 0 Å². The van der Waals surface area contributed by atoms with E-state index in [0.717, 1.165) is 5.56 Å². The summed E-state index contributed by atoms with van der Waals surface area (Å²) >= 11 is 0. The molecule has 4 nitrogen and oxygen atoms in total. The molecule has 2 N–H and O–H groups in total. The van der Waals surface area contributed by atoms with Crippen LogP contribution in [0.4, 0.5) is 0 Å². The Hall–Kier alpha value is -1.55. The molecule has 94 valence electrons. The van der Waals surface area contributed by atoms with Gasteiger partial charge < -0.3 is 14.9 Å². The summed E-state index contributed by atoms with van der Waals surface area (Å²) in [5.74, 6) is 0.532. The molecule has 0 heterocycles. The second kappa shape index (κ2) is 6.25. The second-order valence-electron chi connectivity index (χ2n) is 4.10. The van der Waals surface area contributed by atoms with Gasteiger partial charge in [-0.1, -0.05) is 6.07 Å². The fourth-order valence-electron chi connectivity index (χ4n) is 1.59. The van der Waals surface area contributed by atoms with E-state index >= 15 is 0 Å². The molecule has 0 unspecified atom stereocenters. The molecular weight excluding hydrogens is 220 g/mol. The van der Waals surface area contributed by atoms with E-state index in [1.54, 1.807) is 25.1 Å². The van der Waals surface area contributed by atoms with Gasteiger partial charge in [0, 0.05) is 12.8 Å². The minimum atomic E-state index is -0.586. The third-order valence-electron chi connectivity index (χ3n) is 2.46. The van der Waals surface area contributed by atoms with Crippen molar-refractivity contribution in [1.82, 2.24) is 0 Å². The van der Waals surface area contributed by atoms with Crippen LogP contribution in [0.2, 0.25) is 0 Å². The molecule has 0 saturated carbocycles. The number of aryl methyl sites for hydroxylation is 1. The Morgan fingerprint density at radius 3 is 2.76 bits per heavy atom. The molecule has 0 bridgehead atoms. The molecule has 1 atom stereocenters. The van der Waals surface area contributed by atoms with Crippen LogP contribution in [0.3, 0.4) is 0 Å². The van der Waals surface area contributed by atoms with Gasteiger partial charge in [-0.05, 0) is 31.0 Å². The van der Waals surface area contributed by atoms with Crippen LogP contribution >= 0.6 is 0 Å². The fourth-order valence-corrected chi connectivity index (χ4v) is 1.59. The number of carbonyl (C=O) groups excluding carboxylic acids is 1. The standard InChI is InChI=1S/C13H18O4/c1-9(14)7-11(15)5-3-10-4-6-12(16)13(8-10)17-2/h4,6,8-9,14,16H,3,5,7H2,1-2H3/t9-/m1/s1. The number of ether oxygens (including phenoxy) is 1. The van der Waals surface area contributed by atoms with Crippen LogP contribution in [-0.2, 0) is 11.2 Å². The Morgan fingerprint density at radius 2 is 2.18 bits per heavy atom. The maximum atomic E-state index is 11.4. The van der Waals surface area contributed by atoms with Gasteiger partial charge in [0.05, 0.1) is 13.2 Å². The summed E-state index contributed by atoms with van der Waals surface area (Å²) in [5, 5.41) is 18.5. The lowest BCUT2D eigenvalue weighted by molar-refractivity contribution is -0.120. The highest BCUT2D eigenvalue weighted by Gasteiger charge is 2.08. The van der Waals surface area contributed by atoms with Crippen LogP contribution < -0.4 is 4.74 Å². The van der Waals surface area contributed by atoms with Crippen molar-refractivity contribution in [3.05, 3.63) is 23.8 Å². The van der Waals surface area contributed by atoms with Gasteiger partial charge in [-0.3, -0.25) is 4.79 Å². The number of hydrogen-bond acceptors (Lipinski definition) is 4. The van der Waals surface area contributed by atoms with Crippen molar-refractivity contribution in [2.75, 3.05) is 7.11 Å². The molecular formula is C13H18O4. The predicted molar refractivity (Wildman–Crippen MR) is 64.3 cm³/mol. The number of phenolic OH excluding ortho intramolecular Hbond substituents is 1. The maximum Gasteiger partial charge on any atom is 0.160 e. The van der Waals surface area contributed by atoms with E-state index in [2.05, 4.69) is 0 Å². The van der Waals surface area contributed by atoms with Crippen molar-refractivity contribution in [3.63, 3.8) is 0 Å². The van der Waals surface area contributed by atoms with E-state index in [4.69, 9.17) is 9.84 Å². The Balaban J connectivity index is 2.55. The molecule has 0 aromatic heterocycles. The van der Waals surface area contributed by atoms with Gasteiger partial charge in [0.15, 0.2) is 11.5 Å². The van der Waals surface area contributed by atoms with Gasteiger partial charge in [-0.25, -0.2) is 0 Å². The zero-order chi connectivity index (χ0) is 12.8. The van der Waals surface area contributed by atoms with Crippen molar-refractivity contribution in [1.29, 1.82) is 0 Å². The zero-order valence-corrected chi connectivity index (χ0v) is 10.1. The smallest absolute Gasteiger partial charge is 0.160 e. The molecule has 1 aromatic rings. The quantitative estimate of drug-likeness (QED) is 0.791. The van der Waals surface area contributed by atoms with E-state index in [1.165, 1.54) is 7.11 Å². The highest BCUT2D eigenvalue weighted by atomic mass is 16.5. The molecule has 1 aromatic carbocycles. The Labute approximate surface area is 101 Å². The largest absolute Gasteiger partial charge is 0.504 e. The Bertz CT molecular complexity index is 385. The van der Waals surface area contributed by atoms with Gasteiger partial charge in [-0.15, -0.1) is 0 Å². The Kier molecular flexibility index (Phi) is 4.97. The van der Waals surface area contributed by atoms with Crippen LogP contribution in [0.1, 0.15) is 25.3 Å². The van der Waals surface area contributed by atoms with E-state index < -0.39 is 6.10 Å². The number of hydrogen-bond donors (Lipinski definition) is 2. The molecule has 0 aliphatic heterocycles. The van der Waals surface area contributed by atoms with E-state index in [9.17, 15) is 9.90 Å². The predicted octanol–water partition coefficient (Wildman–Crippen LogP) is 1.67. The molecule has 0 aliphatic carbocycles. The summed E-state index contributed by atoms with van der Waals surface area (Å²) in [7, 11) is 1.48. The van der Waals surface area contributed by atoms with Crippen LogP contribution in [0, 0.1) is 0 Å². The normalized spacial score (nSPS) is 12.2. The average Bonchev–Trinajstić information content (AvgIpc) is 2.27. The number of phenols is 1. The monoisotopic (exact) mass is 238 g/mol. The number of rotatable bonds is 6. The average molecular weight is 238 g/mol. The van der Waals surface area contributed by atoms with Crippen molar-refractivity contribution >= 4 is 5.78 Å². The van der Waals surface area contributed by atoms with Crippen LogP contribution in [0.15, 0.2) is 18.2 Å². The third kappa shape index (κ3) is 4.44. The van der Waals surface area contributed by atoms with Gasteiger partial charge >= 0.3 is 0 Å². The number of aromatic hydroxyl groups is 1. The number of carbonyl (C=O) groups is 1. The molecule has 0 amide bonds. The summed E-state index contributed by atoms with van der Waals surface area (Å²) in [6, 6.07) is 5.02. The number of methoxy groups -OCH3 is 1. The lowest BCUT2D eigenvalue weighted by Gasteiger charge is -2.07. The summed E-state index contributed by atoms with van der Waals surface area (Å²) < 4.78 is 4.98. The number of ketones is 1. The zero-order valence-electron chi connectivity index (χ0n) is 10.1. The first-order valence-corrected chi connectivity index (χ1v) is 5.58. The van der Waals surface area contributed by atoms with Crippen LogP contribution in [0.5, 0.6) is 11.5 Å². The number of aliphatic hydroxyl groups excluding tert-OH is 1. The number of aliphatic hydroxyl groups is 1. The molecule has 0 aliphatic rings. The lowest BCUT2D eigenvalue weighted by Crippen LogP contribution is -2.09. The first kappa shape index (κ1) is 13.5. The summed E-state index contributed by atoms with van der Waals surface area (Å²) in [4.78, 5) is 11.4. The van der Waals surface area contributed by atoms with E-state index in [0.29, 0.717) is 18.6 Å². The molecule has 1 rings (SSSR count). The lowest BCUT2D eigenvalue weighted by atomic mass is 10.0. The SMILES string of the molecule is COc1cc(CCC(=O)C[C@@H](C)O)ccc1O. The first-order valence-electron chi connectivity index (χ1n) is 5.58. The fraction of sp³-hybridized carbons (Fsp3) is 0.462. The Morgan fingerprint density at radius 1 is 1.47 bits per heavy atom. The molecule has 0 saturated heterocycles. The number of benzene rings is 1. The molecule has 0 radical (unpaired) electrons. The highest BCUT2D eigenvalue weighted by molar-refractivity contribution is 5.79. The van der Waals surface area contributed by atoms with Crippen LogP contribution in [-0.4, -0.2) is 29.2 Å². The second-order valence-corrected chi connectivity index (χ2v) is 4.10. The molecule has 0 fully saturated rings. The van der Waals surface area contributed by atoms with Crippen molar-refractivity contribution in [2.24, 2.45) is 0 Å². The topological polar surface area (TPSA) is 66.8 Å². The third-order valence-corrected chi connectivity index (χ3v) is 2.46. The molecule has 17 heavy (non-hydrogen) atoms. The summed E-state index contributed by atoms with van der Waals surface area (Å²) in [6.45, 7) is 1.60.